The smallest absolute Gasteiger partial charge is 0.274 e. The fourth-order valence-corrected chi connectivity index (χ4v) is 4.74. The van der Waals surface area contributed by atoms with E-state index in [1.165, 1.54) is 6.54 Å². The number of likely N-dealkylation sites (N-methyl/N-ethyl adjacent to an activating group) is 1. The summed E-state index contributed by atoms with van der Waals surface area (Å²) >= 11 is 0. The van der Waals surface area contributed by atoms with E-state index in [9.17, 15) is 8.42 Å². The number of piperazine rings is 1. The summed E-state index contributed by atoms with van der Waals surface area (Å²) in [5.74, 6) is 1.01. The highest BCUT2D eigenvalue weighted by atomic mass is 32.2. The molecule has 1 aromatic heterocycles. The summed E-state index contributed by atoms with van der Waals surface area (Å²) in [5, 5.41) is 0. The molecule has 7 heteroatoms. The maximum atomic E-state index is 12.5. The van der Waals surface area contributed by atoms with Gasteiger partial charge in [-0.05, 0) is 25.8 Å². The number of nitrogens with one attached hydrogen (secondary N) is 2. The minimum absolute atomic E-state index is 0.371. The van der Waals surface area contributed by atoms with E-state index in [1.807, 2.05) is 6.07 Å². The molecule has 0 bridgehead atoms. The Hall–Kier alpha value is -1.18. The van der Waals surface area contributed by atoms with E-state index in [1.54, 1.807) is 21.5 Å². The van der Waals surface area contributed by atoms with Crippen LogP contribution in [-0.2, 0) is 10.0 Å². The first-order valence-corrected chi connectivity index (χ1v) is 9.65. The standard InChI is InChI=1S/C15H24N4O2S/c1-2-17-9-11-18(12-10-17)15-6-5-14(13-16-15)22(20,21)19-7-3-4-8-19/h5-6,13H,2-4,7-12H2,1H3/p+2. The quantitative estimate of drug-likeness (QED) is 0.773. The summed E-state index contributed by atoms with van der Waals surface area (Å²) < 4.78 is 26.6. The van der Waals surface area contributed by atoms with Gasteiger partial charge in [0.05, 0.1) is 6.54 Å². The Morgan fingerprint density at radius 3 is 2.36 bits per heavy atom. The molecular formula is C15H26N4O2S+2. The summed E-state index contributed by atoms with van der Waals surface area (Å²) in [7, 11) is -3.32. The second-order valence-corrected chi connectivity index (χ2v) is 8.05. The Morgan fingerprint density at radius 1 is 1.14 bits per heavy atom. The van der Waals surface area contributed by atoms with Crippen molar-refractivity contribution >= 4 is 15.8 Å². The van der Waals surface area contributed by atoms with Crippen LogP contribution in [0.2, 0.25) is 0 Å². The van der Waals surface area contributed by atoms with Crippen LogP contribution in [0.1, 0.15) is 19.8 Å². The number of anilines is 1. The van der Waals surface area contributed by atoms with E-state index in [4.69, 9.17) is 0 Å². The molecule has 22 heavy (non-hydrogen) atoms. The molecule has 6 nitrogen and oxygen atoms in total. The number of aromatic amines is 1. The number of hydrogen-bond acceptors (Lipinski definition) is 3. The second kappa shape index (κ2) is 6.52. The van der Waals surface area contributed by atoms with Crippen molar-refractivity contribution in [1.82, 2.24) is 4.31 Å². The largest absolute Gasteiger partial charge is 0.329 e. The van der Waals surface area contributed by atoms with E-state index in [0.29, 0.717) is 18.0 Å². The molecule has 0 aromatic carbocycles. The summed E-state index contributed by atoms with van der Waals surface area (Å²) in [6, 6.07) is 3.64. The molecule has 2 saturated heterocycles. The van der Waals surface area contributed by atoms with Crippen LogP contribution in [0, 0.1) is 0 Å². The Bertz CT molecular complexity index is 588. The average Bonchev–Trinajstić information content (AvgIpc) is 3.10. The van der Waals surface area contributed by atoms with Crippen molar-refractivity contribution in [1.29, 1.82) is 0 Å². The molecule has 1 aromatic rings. The van der Waals surface area contributed by atoms with E-state index in [2.05, 4.69) is 16.8 Å². The zero-order valence-electron chi connectivity index (χ0n) is 13.2. The molecule has 0 aliphatic carbocycles. The van der Waals surface area contributed by atoms with Crippen molar-refractivity contribution in [2.24, 2.45) is 0 Å². The molecule has 2 fully saturated rings. The summed E-state index contributed by atoms with van der Waals surface area (Å²) in [5.41, 5.74) is 0. The molecule has 2 aliphatic heterocycles. The molecule has 0 saturated carbocycles. The third-order valence-electron chi connectivity index (χ3n) is 4.78. The fourth-order valence-electron chi connectivity index (χ4n) is 3.25. The first kappa shape index (κ1) is 15.7. The molecule has 0 amide bonds. The van der Waals surface area contributed by atoms with Gasteiger partial charge in [0.25, 0.3) is 5.82 Å². The lowest BCUT2D eigenvalue weighted by Gasteiger charge is -2.27. The molecule has 122 valence electrons. The molecule has 3 heterocycles. The number of rotatable bonds is 4. The lowest BCUT2D eigenvalue weighted by molar-refractivity contribution is -0.898. The predicted molar refractivity (Wildman–Crippen MR) is 84.4 cm³/mol. The number of sulfonamides is 1. The van der Waals surface area contributed by atoms with E-state index in [-0.39, 0.29) is 0 Å². The molecule has 2 N–H and O–H groups in total. The highest BCUT2D eigenvalue weighted by Crippen LogP contribution is 2.20. The van der Waals surface area contributed by atoms with Crippen LogP contribution in [0.25, 0.3) is 0 Å². The van der Waals surface area contributed by atoms with Gasteiger partial charge in [0.2, 0.25) is 10.0 Å². The lowest BCUT2D eigenvalue weighted by atomic mass is 10.3. The first-order chi connectivity index (χ1) is 10.6. The van der Waals surface area contributed by atoms with Gasteiger partial charge in [0.15, 0.2) is 0 Å². The lowest BCUT2D eigenvalue weighted by Crippen LogP contribution is -3.14. The van der Waals surface area contributed by atoms with Crippen molar-refractivity contribution in [3.8, 4) is 0 Å². The van der Waals surface area contributed by atoms with Gasteiger partial charge in [-0.25, -0.2) is 13.4 Å². The minimum Gasteiger partial charge on any atom is -0.329 e. The number of quaternary nitrogens is 1. The van der Waals surface area contributed by atoms with Crippen molar-refractivity contribution in [3.63, 3.8) is 0 Å². The van der Waals surface area contributed by atoms with Crippen molar-refractivity contribution < 1.29 is 18.3 Å². The molecule has 0 spiro atoms. The molecule has 0 atom stereocenters. The maximum absolute atomic E-state index is 12.5. The van der Waals surface area contributed by atoms with Gasteiger partial charge in [-0.1, -0.05) is 0 Å². The number of pyridine rings is 1. The third-order valence-corrected chi connectivity index (χ3v) is 6.68. The van der Waals surface area contributed by atoms with Gasteiger partial charge >= 0.3 is 0 Å². The first-order valence-electron chi connectivity index (χ1n) is 8.21. The van der Waals surface area contributed by atoms with Crippen LogP contribution in [-0.4, -0.2) is 58.5 Å². The monoisotopic (exact) mass is 326 g/mol. The summed E-state index contributed by atoms with van der Waals surface area (Å²) in [6.45, 7) is 8.98. The van der Waals surface area contributed by atoms with Gasteiger partial charge < -0.3 is 4.90 Å². The van der Waals surface area contributed by atoms with Crippen LogP contribution < -0.4 is 14.8 Å². The number of aromatic nitrogens is 1. The fraction of sp³-hybridized carbons (Fsp3) is 0.667. The zero-order chi connectivity index (χ0) is 15.6. The number of hydrogen-bond donors (Lipinski definition) is 1. The SMILES string of the molecule is CC[NH+]1CCN(c2ccc(S(=O)(=O)N3CCCC3)c[nH+]2)CC1. The van der Waals surface area contributed by atoms with E-state index < -0.39 is 10.0 Å². The molecule has 0 radical (unpaired) electrons. The van der Waals surface area contributed by atoms with Gasteiger partial charge in [-0.3, -0.25) is 4.90 Å². The van der Waals surface area contributed by atoms with Crippen molar-refractivity contribution in [3.05, 3.63) is 18.3 Å². The normalized spacial score (nSPS) is 21.4. The third kappa shape index (κ3) is 3.11. The Labute approximate surface area is 132 Å². The van der Waals surface area contributed by atoms with Crippen molar-refractivity contribution in [2.75, 3.05) is 50.7 Å². The Kier molecular flexibility index (Phi) is 4.65. The zero-order valence-corrected chi connectivity index (χ0v) is 14.0. The maximum Gasteiger partial charge on any atom is 0.274 e. The minimum atomic E-state index is -3.32. The number of nitrogens with zero attached hydrogens (tertiary/aromatic N) is 2. The van der Waals surface area contributed by atoms with Gasteiger partial charge in [-0.2, -0.15) is 4.31 Å². The molecule has 3 rings (SSSR count). The highest BCUT2D eigenvalue weighted by molar-refractivity contribution is 7.89. The topological polar surface area (TPSA) is 59.2 Å². The van der Waals surface area contributed by atoms with E-state index in [0.717, 1.165) is 44.8 Å². The van der Waals surface area contributed by atoms with Gasteiger partial charge in [-0.15, -0.1) is 0 Å². The van der Waals surface area contributed by atoms with Gasteiger partial charge in [0, 0.05) is 19.2 Å². The Morgan fingerprint density at radius 2 is 1.82 bits per heavy atom. The highest BCUT2D eigenvalue weighted by Gasteiger charge is 2.29. The summed E-state index contributed by atoms with van der Waals surface area (Å²) in [6.07, 6.45) is 3.57. The predicted octanol–water partition coefficient (Wildman–Crippen LogP) is -0.990. The molecular weight excluding hydrogens is 300 g/mol. The van der Waals surface area contributed by atoms with E-state index >= 15 is 0 Å². The summed E-state index contributed by atoms with van der Waals surface area (Å²) in [4.78, 5) is 7.48. The van der Waals surface area contributed by atoms with Crippen LogP contribution >= 0.6 is 0 Å². The van der Waals surface area contributed by atoms with Crippen LogP contribution in [0.3, 0.4) is 0 Å². The van der Waals surface area contributed by atoms with Crippen molar-refractivity contribution in [2.45, 2.75) is 24.7 Å². The molecule has 2 aliphatic rings. The Balaban J connectivity index is 1.70. The molecule has 0 unspecified atom stereocenters. The average molecular weight is 326 g/mol. The number of H-pyrrole nitrogens is 1. The van der Waals surface area contributed by atoms with Gasteiger partial charge in [0.1, 0.15) is 37.3 Å². The second-order valence-electron chi connectivity index (χ2n) is 6.11. The van der Waals surface area contributed by atoms with Crippen LogP contribution in [0.4, 0.5) is 5.82 Å². The van der Waals surface area contributed by atoms with Crippen LogP contribution in [0.5, 0.6) is 0 Å². The van der Waals surface area contributed by atoms with Crippen LogP contribution in [0.15, 0.2) is 23.2 Å².